The van der Waals surface area contributed by atoms with Gasteiger partial charge < -0.3 is 9.13 Å². The van der Waals surface area contributed by atoms with Crippen LogP contribution in [-0.4, -0.2) is 9.13 Å². The number of fused-ring (bicyclic) bond motifs is 6. The summed E-state index contributed by atoms with van der Waals surface area (Å²) in [6, 6.07) is 64.0. The molecule has 9 aromatic rings. The van der Waals surface area contributed by atoms with Crippen LogP contribution in [0.4, 0.5) is 0 Å². The SMILES string of the molecule is CC(C)(c1ccc(-n2c3c#cccc3c3ccccc32)cc1)c1ccc(C(C)(C)c2ccc(-n3c4ccccc4c4ccccc43)cc2)cc1. The zero-order valence-electron chi connectivity index (χ0n) is 28.9. The third-order valence-corrected chi connectivity index (χ3v) is 11.0. The lowest BCUT2D eigenvalue weighted by Crippen LogP contribution is -2.21. The molecule has 0 bridgehead atoms. The smallest absolute Gasteiger partial charge is 0.105 e. The van der Waals surface area contributed by atoms with E-state index < -0.39 is 0 Å². The lowest BCUT2D eigenvalue weighted by molar-refractivity contribution is 0.626. The first-order valence-electron chi connectivity index (χ1n) is 17.4. The van der Waals surface area contributed by atoms with E-state index in [9.17, 15) is 0 Å². The van der Waals surface area contributed by atoms with Crippen LogP contribution in [0.3, 0.4) is 0 Å². The molecule has 0 unspecified atom stereocenters. The second kappa shape index (κ2) is 11.3. The maximum absolute atomic E-state index is 3.37. The molecule has 50 heavy (non-hydrogen) atoms. The Kier molecular flexibility index (Phi) is 6.77. The van der Waals surface area contributed by atoms with Crippen LogP contribution in [0.5, 0.6) is 0 Å². The Labute approximate surface area is 293 Å². The van der Waals surface area contributed by atoms with Gasteiger partial charge in [-0.15, -0.1) is 0 Å². The standard InChI is InChI=1S/C48H38N2/c1-47(2,35-25-29-37(30-26-35)49-43-17-9-5-13-39(43)40-14-6-10-18-44(40)49)33-21-23-34(24-22-33)48(3,4)36-27-31-38(32-28-36)50-45-19-11-7-15-41(45)42-16-8-12-20-46(42)50/h5-11,13-19,21-32H,1-4H3. The zero-order chi connectivity index (χ0) is 34.0. The average molecular weight is 643 g/mol. The van der Waals surface area contributed by atoms with Gasteiger partial charge in [-0.05, 0) is 82.9 Å². The van der Waals surface area contributed by atoms with Gasteiger partial charge in [-0.1, -0.05) is 137 Å². The molecule has 2 heterocycles. The quantitative estimate of drug-likeness (QED) is 0.171. The van der Waals surface area contributed by atoms with E-state index in [4.69, 9.17) is 0 Å². The molecule has 2 heteroatoms. The van der Waals surface area contributed by atoms with E-state index in [0.29, 0.717) is 0 Å². The molecule has 2 aromatic heterocycles. The Hall–Kier alpha value is -6.04. The van der Waals surface area contributed by atoms with Crippen molar-refractivity contribution in [2.45, 2.75) is 38.5 Å². The lowest BCUT2D eigenvalue weighted by Gasteiger charge is -2.30. The van der Waals surface area contributed by atoms with Crippen LogP contribution in [0.25, 0.3) is 55.0 Å². The Morgan fingerprint density at radius 1 is 0.380 bits per heavy atom. The molecule has 2 nitrogen and oxygen atoms in total. The first-order chi connectivity index (χ1) is 24.3. The monoisotopic (exact) mass is 642 g/mol. The largest absolute Gasteiger partial charge is 0.309 e. The summed E-state index contributed by atoms with van der Waals surface area (Å²) >= 11 is 0. The van der Waals surface area contributed by atoms with E-state index in [0.717, 1.165) is 11.2 Å². The van der Waals surface area contributed by atoms with Crippen molar-refractivity contribution in [3.05, 3.63) is 192 Å². The molecule has 0 radical (unpaired) electrons. The van der Waals surface area contributed by atoms with Gasteiger partial charge in [0.05, 0.1) is 16.6 Å². The van der Waals surface area contributed by atoms with E-state index in [1.54, 1.807) is 0 Å². The highest BCUT2D eigenvalue weighted by Gasteiger charge is 2.27. The molecule has 0 fully saturated rings. The second-order valence-corrected chi connectivity index (χ2v) is 14.5. The van der Waals surface area contributed by atoms with E-state index >= 15 is 0 Å². The fourth-order valence-electron chi connectivity index (χ4n) is 7.95. The molecule has 0 atom stereocenters. The first-order valence-corrected chi connectivity index (χ1v) is 17.4. The molecule has 0 aliphatic heterocycles. The highest BCUT2D eigenvalue weighted by molar-refractivity contribution is 6.09. The second-order valence-electron chi connectivity index (χ2n) is 14.5. The summed E-state index contributed by atoms with van der Waals surface area (Å²) in [5.41, 5.74) is 11.9. The number of rotatable bonds is 6. The maximum Gasteiger partial charge on any atom is 0.105 e. The molecule has 0 aliphatic carbocycles. The third-order valence-electron chi connectivity index (χ3n) is 11.0. The van der Waals surface area contributed by atoms with Crippen LogP contribution in [0.1, 0.15) is 49.9 Å². The molecular weight excluding hydrogens is 605 g/mol. The lowest BCUT2D eigenvalue weighted by atomic mass is 9.74. The summed E-state index contributed by atoms with van der Waals surface area (Å²) in [4.78, 5) is 0. The summed E-state index contributed by atoms with van der Waals surface area (Å²) < 4.78 is 4.68. The molecular formula is C48H38N2. The van der Waals surface area contributed by atoms with Crippen LogP contribution < -0.4 is 0 Å². The molecule has 9 rings (SSSR count). The van der Waals surface area contributed by atoms with Gasteiger partial charge in [0.1, 0.15) is 5.52 Å². The van der Waals surface area contributed by atoms with Gasteiger partial charge in [-0.3, -0.25) is 0 Å². The molecule has 0 N–H and O–H groups in total. The highest BCUT2D eigenvalue weighted by atomic mass is 15.0. The number of hydrogen-bond acceptors (Lipinski definition) is 0. The van der Waals surface area contributed by atoms with Crippen molar-refractivity contribution in [3.8, 4) is 11.4 Å². The Balaban J connectivity index is 0.997. The van der Waals surface area contributed by atoms with Gasteiger partial charge in [0, 0.05) is 43.7 Å². The van der Waals surface area contributed by atoms with Gasteiger partial charge >= 0.3 is 0 Å². The number of para-hydroxylation sites is 3. The van der Waals surface area contributed by atoms with Crippen LogP contribution in [0, 0.1) is 12.1 Å². The topological polar surface area (TPSA) is 9.86 Å². The van der Waals surface area contributed by atoms with Crippen molar-refractivity contribution in [2.24, 2.45) is 0 Å². The molecule has 0 saturated carbocycles. The summed E-state index contributed by atoms with van der Waals surface area (Å²) in [7, 11) is 0. The predicted octanol–water partition coefficient (Wildman–Crippen LogP) is 12.1. The number of aromatic nitrogens is 2. The fraction of sp³-hybridized carbons (Fsp3) is 0.125. The Morgan fingerprint density at radius 3 is 1.20 bits per heavy atom. The van der Waals surface area contributed by atoms with Crippen molar-refractivity contribution in [3.63, 3.8) is 0 Å². The number of hydrogen-bond donors (Lipinski definition) is 0. The van der Waals surface area contributed by atoms with Gasteiger partial charge in [0.25, 0.3) is 0 Å². The number of nitrogens with zero attached hydrogens (tertiary/aromatic N) is 2. The van der Waals surface area contributed by atoms with E-state index in [1.165, 1.54) is 66.0 Å². The minimum Gasteiger partial charge on any atom is -0.309 e. The minimum absolute atomic E-state index is 0.152. The normalized spacial score (nSPS) is 12.2. The Morgan fingerprint density at radius 2 is 0.740 bits per heavy atom. The summed E-state index contributed by atoms with van der Waals surface area (Å²) in [5.74, 6) is 0. The first kappa shape index (κ1) is 30.1. The molecule has 0 aliphatic rings. The molecule has 0 saturated heterocycles. The Bertz CT molecular complexity index is 2370. The van der Waals surface area contributed by atoms with Gasteiger partial charge in [0.2, 0.25) is 0 Å². The summed E-state index contributed by atoms with van der Waals surface area (Å²) in [6.45, 7) is 9.29. The molecule has 7 aromatic carbocycles. The van der Waals surface area contributed by atoms with E-state index in [2.05, 4.69) is 201 Å². The minimum atomic E-state index is -0.161. The van der Waals surface area contributed by atoms with Gasteiger partial charge in [0.15, 0.2) is 0 Å². The van der Waals surface area contributed by atoms with E-state index in [-0.39, 0.29) is 10.8 Å². The summed E-state index contributed by atoms with van der Waals surface area (Å²) in [5, 5.41) is 5.00. The van der Waals surface area contributed by atoms with Crippen LogP contribution in [-0.2, 0) is 10.8 Å². The van der Waals surface area contributed by atoms with Crippen LogP contribution in [0.15, 0.2) is 158 Å². The van der Waals surface area contributed by atoms with Crippen LogP contribution in [0.2, 0.25) is 0 Å². The maximum atomic E-state index is 3.37. The highest BCUT2D eigenvalue weighted by Crippen LogP contribution is 2.38. The van der Waals surface area contributed by atoms with E-state index in [1.807, 2.05) is 6.07 Å². The molecule has 0 spiro atoms. The van der Waals surface area contributed by atoms with Crippen LogP contribution >= 0.6 is 0 Å². The van der Waals surface area contributed by atoms with Crippen molar-refractivity contribution in [2.75, 3.05) is 0 Å². The van der Waals surface area contributed by atoms with Crippen molar-refractivity contribution in [1.29, 1.82) is 0 Å². The number of benzene rings is 6. The molecule has 240 valence electrons. The molecule has 0 amide bonds. The van der Waals surface area contributed by atoms with Crippen molar-refractivity contribution < 1.29 is 0 Å². The zero-order valence-corrected chi connectivity index (χ0v) is 28.9. The van der Waals surface area contributed by atoms with Crippen molar-refractivity contribution >= 4 is 43.6 Å². The summed E-state index contributed by atoms with van der Waals surface area (Å²) in [6.07, 6.45) is 0. The predicted molar refractivity (Wildman–Crippen MR) is 210 cm³/mol. The average Bonchev–Trinajstić information content (AvgIpc) is 3.68. The third kappa shape index (κ3) is 4.58. The van der Waals surface area contributed by atoms with Gasteiger partial charge in [-0.2, -0.15) is 0 Å². The fourth-order valence-corrected chi connectivity index (χ4v) is 7.95. The van der Waals surface area contributed by atoms with Crippen molar-refractivity contribution in [1.82, 2.24) is 9.13 Å². The van der Waals surface area contributed by atoms with Gasteiger partial charge in [-0.25, -0.2) is 0 Å².